The van der Waals surface area contributed by atoms with Crippen molar-refractivity contribution in [3.05, 3.63) is 60.0 Å². The molecule has 0 radical (unpaired) electrons. The minimum Gasteiger partial charge on any atom is -0.354 e. The molecule has 0 spiro atoms. The summed E-state index contributed by atoms with van der Waals surface area (Å²) in [5.41, 5.74) is 3.35. The van der Waals surface area contributed by atoms with Gasteiger partial charge in [-0.2, -0.15) is 0 Å². The summed E-state index contributed by atoms with van der Waals surface area (Å²) >= 11 is 0. The molecule has 4 nitrogen and oxygen atoms in total. The molecule has 0 saturated heterocycles. The molecule has 0 bridgehead atoms. The van der Waals surface area contributed by atoms with Crippen LogP contribution in [0.5, 0.6) is 0 Å². The Morgan fingerprint density at radius 1 is 1.04 bits per heavy atom. The molecule has 0 unspecified atom stereocenters. The molecule has 2 aromatic heterocycles. The van der Waals surface area contributed by atoms with Crippen molar-refractivity contribution in [2.45, 2.75) is 20.8 Å². The van der Waals surface area contributed by atoms with Crippen LogP contribution in [0.4, 0.5) is 0 Å². The van der Waals surface area contributed by atoms with Gasteiger partial charge >= 0.3 is 0 Å². The van der Waals surface area contributed by atoms with Gasteiger partial charge in [0.05, 0.1) is 5.69 Å². The van der Waals surface area contributed by atoms with Crippen molar-refractivity contribution >= 4 is 16.7 Å². The van der Waals surface area contributed by atoms with E-state index in [0.717, 1.165) is 22.0 Å². The molecule has 23 heavy (non-hydrogen) atoms. The van der Waals surface area contributed by atoms with Gasteiger partial charge in [0.2, 0.25) is 0 Å². The summed E-state index contributed by atoms with van der Waals surface area (Å²) in [7, 11) is 1.59. The second kappa shape index (κ2) is 7.49. The summed E-state index contributed by atoms with van der Waals surface area (Å²) in [6, 6.07) is 11.8. The Bertz CT molecular complexity index is 810. The minimum absolute atomic E-state index is 0.191. The van der Waals surface area contributed by atoms with E-state index in [4.69, 9.17) is 0 Å². The Hall–Kier alpha value is -2.75. The van der Waals surface area contributed by atoms with Gasteiger partial charge < -0.3 is 5.32 Å². The highest BCUT2D eigenvalue weighted by atomic mass is 16.1. The maximum absolute atomic E-state index is 11.5. The number of nitrogens with one attached hydrogen (secondary N) is 1. The van der Waals surface area contributed by atoms with E-state index in [1.807, 2.05) is 38.2 Å². The number of amides is 1. The van der Waals surface area contributed by atoms with Crippen LogP contribution in [0.2, 0.25) is 0 Å². The topological polar surface area (TPSA) is 54.9 Å². The maximum atomic E-state index is 11.5. The molecule has 1 amide bonds. The lowest BCUT2D eigenvalue weighted by Gasteiger charge is -2.06. The standard InChI is InChI=1S/C17H15N3O.C2H6/c1-11-4-3-5-12-8-16(20-10-14(11)12)13-6-7-15(19-9-13)17(21)18-2;1-2/h3-10H,1-2H3,(H,18,21);1-2H3. The number of nitrogens with zero attached hydrogens (tertiary/aromatic N) is 2. The molecule has 4 heteroatoms. The molecule has 2 heterocycles. The van der Waals surface area contributed by atoms with Crippen LogP contribution in [0.25, 0.3) is 22.0 Å². The van der Waals surface area contributed by atoms with Crippen LogP contribution in [-0.2, 0) is 0 Å². The highest BCUT2D eigenvalue weighted by Gasteiger charge is 2.07. The fourth-order valence-electron chi connectivity index (χ4n) is 2.29. The zero-order chi connectivity index (χ0) is 16.8. The van der Waals surface area contributed by atoms with E-state index in [1.54, 1.807) is 19.3 Å². The van der Waals surface area contributed by atoms with Gasteiger partial charge in [0.1, 0.15) is 5.69 Å². The van der Waals surface area contributed by atoms with Gasteiger partial charge in [-0.05, 0) is 36.1 Å². The molecule has 0 fully saturated rings. The fraction of sp³-hybridized carbons (Fsp3) is 0.211. The van der Waals surface area contributed by atoms with Crippen molar-refractivity contribution < 1.29 is 4.79 Å². The van der Waals surface area contributed by atoms with E-state index in [2.05, 4.69) is 34.3 Å². The molecule has 3 aromatic rings. The molecule has 0 aliphatic rings. The number of rotatable bonds is 2. The van der Waals surface area contributed by atoms with Crippen LogP contribution in [-0.4, -0.2) is 22.9 Å². The third-order valence-corrected chi connectivity index (χ3v) is 3.50. The normalized spacial score (nSPS) is 9.91. The summed E-state index contributed by atoms with van der Waals surface area (Å²) in [6.07, 6.45) is 3.56. The Morgan fingerprint density at radius 2 is 1.83 bits per heavy atom. The van der Waals surface area contributed by atoms with Crippen molar-refractivity contribution in [3.8, 4) is 11.3 Å². The van der Waals surface area contributed by atoms with E-state index >= 15 is 0 Å². The molecular weight excluding hydrogens is 286 g/mol. The molecule has 118 valence electrons. The number of carbonyl (C=O) groups is 1. The quantitative estimate of drug-likeness (QED) is 0.779. The SMILES string of the molecule is CC.CNC(=O)c1ccc(-c2cc3cccc(C)c3cn2)cn1. The number of hydrogen-bond donors (Lipinski definition) is 1. The average Bonchev–Trinajstić information content (AvgIpc) is 2.63. The van der Waals surface area contributed by atoms with Crippen LogP contribution in [0.1, 0.15) is 29.9 Å². The molecule has 0 aliphatic carbocycles. The number of fused-ring (bicyclic) bond motifs is 1. The number of pyridine rings is 2. The van der Waals surface area contributed by atoms with E-state index in [9.17, 15) is 4.79 Å². The lowest BCUT2D eigenvalue weighted by atomic mass is 10.1. The number of hydrogen-bond acceptors (Lipinski definition) is 3. The molecule has 0 saturated carbocycles. The Balaban J connectivity index is 0.000000924. The molecule has 1 N–H and O–H groups in total. The van der Waals surface area contributed by atoms with E-state index in [-0.39, 0.29) is 5.91 Å². The van der Waals surface area contributed by atoms with Gasteiger partial charge in [-0.3, -0.25) is 14.8 Å². The largest absolute Gasteiger partial charge is 0.354 e. The van der Waals surface area contributed by atoms with Gasteiger partial charge in [0, 0.05) is 30.4 Å². The summed E-state index contributed by atoms with van der Waals surface area (Å²) in [6.45, 7) is 6.07. The lowest BCUT2D eigenvalue weighted by Crippen LogP contribution is -2.18. The van der Waals surface area contributed by atoms with E-state index < -0.39 is 0 Å². The van der Waals surface area contributed by atoms with Gasteiger partial charge in [0.25, 0.3) is 5.91 Å². The Labute approximate surface area is 136 Å². The van der Waals surface area contributed by atoms with Gasteiger partial charge in [0.15, 0.2) is 0 Å². The average molecular weight is 307 g/mol. The zero-order valence-corrected chi connectivity index (χ0v) is 13.9. The molecule has 0 atom stereocenters. The summed E-state index contributed by atoms with van der Waals surface area (Å²) in [5.74, 6) is -0.191. The van der Waals surface area contributed by atoms with Crippen LogP contribution in [0, 0.1) is 6.92 Å². The first-order chi connectivity index (χ1) is 11.2. The first kappa shape index (κ1) is 16.6. The van der Waals surface area contributed by atoms with Gasteiger partial charge in [-0.15, -0.1) is 0 Å². The van der Waals surface area contributed by atoms with E-state index in [1.165, 1.54) is 5.56 Å². The Kier molecular flexibility index (Phi) is 5.41. The number of aryl methyl sites for hydroxylation is 1. The van der Waals surface area contributed by atoms with Crippen molar-refractivity contribution in [3.63, 3.8) is 0 Å². The van der Waals surface area contributed by atoms with Crippen LogP contribution in [0.3, 0.4) is 0 Å². The summed E-state index contributed by atoms with van der Waals surface area (Å²) in [4.78, 5) is 20.1. The van der Waals surface area contributed by atoms with Crippen molar-refractivity contribution in [1.29, 1.82) is 0 Å². The van der Waals surface area contributed by atoms with Gasteiger partial charge in [-0.25, -0.2) is 0 Å². The van der Waals surface area contributed by atoms with Crippen LogP contribution >= 0.6 is 0 Å². The number of carbonyl (C=O) groups excluding carboxylic acids is 1. The number of benzene rings is 1. The monoisotopic (exact) mass is 307 g/mol. The zero-order valence-electron chi connectivity index (χ0n) is 13.9. The van der Waals surface area contributed by atoms with E-state index in [0.29, 0.717) is 5.69 Å². The molecule has 1 aromatic carbocycles. The summed E-state index contributed by atoms with van der Waals surface area (Å²) in [5, 5.41) is 4.85. The number of aromatic nitrogens is 2. The maximum Gasteiger partial charge on any atom is 0.269 e. The first-order valence-corrected chi connectivity index (χ1v) is 7.73. The van der Waals surface area contributed by atoms with Crippen LogP contribution < -0.4 is 5.32 Å². The highest BCUT2D eigenvalue weighted by Crippen LogP contribution is 2.23. The summed E-state index contributed by atoms with van der Waals surface area (Å²) < 4.78 is 0. The smallest absolute Gasteiger partial charge is 0.269 e. The third kappa shape index (κ3) is 3.54. The first-order valence-electron chi connectivity index (χ1n) is 7.73. The third-order valence-electron chi connectivity index (χ3n) is 3.50. The van der Waals surface area contributed by atoms with Crippen molar-refractivity contribution in [1.82, 2.24) is 15.3 Å². The molecule has 0 aliphatic heterocycles. The molecule has 3 rings (SSSR count). The second-order valence-corrected chi connectivity index (χ2v) is 4.88. The van der Waals surface area contributed by atoms with Crippen molar-refractivity contribution in [2.75, 3.05) is 7.05 Å². The van der Waals surface area contributed by atoms with Crippen molar-refractivity contribution in [2.24, 2.45) is 0 Å². The molecular formula is C19H21N3O. The second-order valence-electron chi connectivity index (χ2n) is 4.88. The Morgan fingerprint density at radius 3 is 2.48 bits per heavy atom. The van der Waals surface area contributed by atoms with Crippen LogP contribution in [0.15, 0.2) is 48.8 Å². The predicted molar refractivity (Wildman–Crippen MR) is 94.4 cm³/mol. The lowest BCUT2D eigenvalue weighted by molar-refractivity contribution is 0.0958. The van der Waals surface area contributed by atoms with Gasteiger partial charge in [-0.1, -0.05) is 32.0 Å². The minimum atomic E-state index is -0.191. The fourth-order valence-corrected chi connectivity index (χ4v) is 2.29. The highest BCUT2D eigenvalue weighted by molar-refractivity contribution is 5.92. The predicted octanol–water partition coefficient (Wildman–Crippen LogP) is 3.99.